The van der Waals surface area contributed by atoms with Crippen LogP contribution >= 0.6 is 0 Å². The monoisotopic (exact) mass is 222 g/mol. The molecule has 0 saturated heterocycles. The van der Waals surface area contributed by atoms with Crippen LogP contribution in [0.2, 0.25) is 0 Å². The van der Waals surface area contributed by atoms with Gasteiger partial charge in [-0.15, -0.1) is 0 Å². The number of aromatic nitrogens is 1. The third-order valence-electron chi connectivity index (χ3n) is 2.93. The van der Waals surface area contributed by atoms with Gasteiger partial charge in [0.1, 0.15) is 5.75 Å². The van der Waals surface area contributed by atoms with Gasteiger partial charge in [0.15, 0.2) is 0 Å². The van der Waals surface area contributed by atoms with E-state index in [4.69, 9.17) is 0 Å². The van der Waals surface area contributed by atoms with Crippen LogP contribution in [-0.4, -0.2) is 34.0 Å². The highest BCUT2D eigenvalue weighted by atomic mass is 16.3. The fraction of sp³-hybridized carbons (Fsp3) is 0.500. The Kier molecular flexibility index (Phi) is 3.88. The van der Waals surface area contributed by atoms with Gasteiger partial charge in [0, 0.05) is 19.3 Å². The molecule has 1 heterocycles. The Hall–Kier alpha value is -1.58. The molecule has 0 aliphatic rings. The Morgan fingerprint density at radius 1 is 1.44 bits per heavy atom. The number of carbonyl (C=O) groups excluding carboxylic acids is 1. The van der Waals surface area contributed by atoms with Gasteiger partial charge < -0.3 is 10.0 Å². The molecule has 16 heavy (non-hydrogen) atoms. The van der Waals surface area contributed by atoms with Gasteiger partial charge >= 0.3 is 0 Å². The van der Waals surface area contributed by atoms with Gasteiger partial charge in [0.2, 0.25) is 0 Å². The number of pyridine rings is 1. The van der Waals surface area contributed by atoms with Crippen molar-refractivity contribution in [3.63, 3.8) is 0 Å². The molecule has 4 nitrogen and oxygen atoms in total. The van der Waals surface area contributed by atoms with Crippen molar-refractivity contribution in [3.8, 4) is 5.75 Å². The molecule has 0 bridgehead atoms. The van der Waals surface area contributed by atoms with E-state index in [-0.39, 0.29) is 17.7 Å². The molecule has 0 radical (unpaired) electrons. The number of hydrogen-bond donors (Lipinski definition) is 1. The first-order valence-electron chi connectivity index (χ1n) is 5.35. The molecule has 0 aromatic carbocycles. The molecule has 1 N–H and O–H groups in total. The number of carbonyl (C=O) groups is 1. The zero-order valence-electron chi connectivity index (χ0n) is 10.1. The predicted octanol–water partition coefficient (Wildman–Crippen LogP) is 1.90. The van der Waals surface area contributed by atoms with E-state index in [1.807, 2.05) is 6.92 Å². The summed E-state index contributed by atoms with van der Waals surface area (Å²) in [4.78, 5) is 17.4. The summed E-state index contributed by atoms with van der Waals surface area (Å²) in [5.41, 5.74) is 0.296. The molecule has 1 aromatic heterocycles. The van der Waals surface area contributed by atoms with Gasteiger partial charge in [-0.2, -0.15) is 0 Å². The van der Waals surface area contributed by atoms with Gasteiger partial charge in [0.05, 0.1) is 11.8 Å². The molecule has 1 atom stereocenters. The van der Waals surface area contributed by atoms with Crippen LogP contribution in [0.1, 0.15) is 31.1 Å². The first-order chi connectivity index (χ1) is 7.45. The van der Waals surface area contributed by atoms with Crippen molar-refractivity contribution in [2.24, 2.45) is 5.92 Å². The number of amides is 1. The first kappa shape index (κ1) is 12.5. The van der Waals surface area contributed by atoms with E-state index in [0.29, 0.717) is 11.5 Å². The second kappa shape index (κ2) is 4.96. The van der Waals surface area contributed by atoms with Crippen LogP contribution in [0.3, 0.4) is 0 Å². The molecule has 88 valence electrons. The fourth-order valence-electron chi connectivity index (χ4n) is 1.39. The molecular weight excluding hydrogens is 204 g/mol. The van der Waals surface area contributed by atoms with Crippen molar-refractivity contribution in [2.45, 2.75) is 26.8 Å². The molecule has 1 rings (SSSR count). The Bertz CT molecular complexity index is 377. The summed E-state index contributed by atoms with van der Waals surface area (Å²) < 4.78 is 0. The standard InChI is InChI=1S/C12H18N2O2/c1-8(2)9(3)14(4)12(16)10-5-6-13-7-11(10)15/h5-9,15H,1-4H3. The Balaban J connectivity index is 2.91. The zero-order chi connectivity index (χ0) is 12.3. The second-order valence-corrected chi connectivity index (χ2v) is 4.29. The maximum absolute atomic E-state index is 12.0. The number of hydrogen-bond acceptors (Lipinski definition) is 3. The molecule has 1 amide bonds. The third kappa shape index (κ3) is 2.51. The van der Waals surface area contributed by atoms with E-state index < -0.39 is 0 Å². The number of nitrogens with zero attached hydrogens (tertiary/aromatic N) is 2. The van der Waals surface area contributed by atoms with E-state index in [0.717, 1.165) is 0 Å². The average molecular weight is 222 g/mol. The largest absolute Gasteiger partial charge is 0.505 e. The predicted molar refractivity (Wildman–Crippen MR) is 62.3 cm³/mol. The fourth-order valence-corrected chi connectivity index (χ4v) is 1.39. The van der Waals surface area contributed by atoms with E-state index in [1.165, 1.54) is 18.5 Å². The summed E-state index contributed by atoms with van der Waals surface area (Å²) in [7, 11) is 1.74. The van der Waals surface area contributed by atoms with Crippen molar-refractivity contribution in [2.75, 3.05) is 7.05 Å². The summed E-state index contributed by atoms with van der Waals surface area (Å²) >= 11 is 0. The SMILES string of the molecule is CC(C)C(C)N(C)C(=O)c1ccncc1O. The number of rotatable bonds is 3. The van der Waals surface area contributed by atoms with Crippen LogP contribution in [0.25, 0.3) is 0 Å². The van der Waals surface area contributed by atoms with E-state index in [9.17, 15) is 9.90 Å². The quantitative estimate of drug-likeness (QED) is 0.849. The van der Waals surface area contributed by atoms with Crippen molar-refractivity contribution in [1.82, 2.24) is 9.88 Å². The van der Waals surface area contributed by atoms with Crippen molar-refractivity contribution in [3.05, 3.63) is 24.0 Å². The number of aromatic hydroxyl groups is 1. The Morgan fingerprint density at radius 3 is 2.56 bits per heavy atom. The minimum absolute atomic E-state index is 0.0738. The average Bonchev–Trinajstić information content (AvgIpc) is 2.26. The van der Waals surface area contributed by atoms with Crippen LogP contribution < -0.4 is 0 Å². The molecular formula is C12H18N2O2. The molecule has 0 spiro atoms. The lowest BCUT2D eigenvalue weighted by Crippen LogP contribution is -2.38. The summed E-state index contributed by atoms with van der Waals surface area (Å²) in [6, 6.07) is 1.65. The lowest BCUT2D eigenvalue weighted by Gasteiger charge is -2.28. The van der Waals surface area contributed by atoms with E-state index in [2.05, 4.69) is 18.8 Å². The normalized spacial score (nSPS) is 12.6. The van der Waals surface area contributed by atoms with E-state index >= 15 is 0 Å². The molecule has 1 aromatic rings. The van der Waals surface area contributed by atoms with Crippen LogP contribution in [0, 0.1) is 5.92 Å². The Morgan fingerprint density at radius 2 is 2.06 bits per heavy atom. The van der Waals surface area contributed by atoms with Gasteiger partial charge in [-0.1, -0.05) is 13.8 Å². The minimum Gasteiger partial charge on any atom is -0.505 e. The molecule has 1 unspecified atom stereocenters. The lowest BCUT2D eigenvalue weighted by molar-refractivity contribution is 0.0704. The summed E-state index contributed by atoms with van der Waals surface area (Å²) in [6.45, 7) is 6.10. The molecule has 0 aliphatic heterocycles. The highest BCUT2D eigenvalue weighted by Crippen LogP contribution is 2.18. The van der Waals surface area contributed by atoms with Gasteiger partial charge in [-0.05, 0) is 18.9 Å². The first-order valence-corrected chi connectivity index (χ1v) is 5.35. The molecule has 4 heteroatoms. The summed E-state index contributed by atoms with van der Waals surface area (Å²) in [6.07, 6.45) is 2.78. The van der Waals surface area contributed by atoms with Gasteiger partial charge in [0.25, 0.3) is 5.91 Å². The maximum atomic E-state index is 12.0. The van der Waals surface area contributed by atoms with Crippen LogP contribution in [0.15, 0.2) is 18.5 Å². The molecule has 0 fully saturated rings. The topological polar surface area (TPSA) is 53.4 Å². The van der Waals surface area contributed by atoms with Crippen molar-refractivity contribution < 1.29 is 9.90 Å². The van der Waals surface area contributed by atoms with Crippen LogP contribution in [0.5, 0.6) is 5.75 Å². The van der Waals surface area contributed by atoms with Crippen molar-refractivity contribution in [1.29, 1.82) is 0 Å². The molecule has 0 aliphatic carbocycles. The maximum Gasteiger partial charge on any atom is 0.257 e. The van der Waals surface area contributed by atoms with Gasteiger partial charge in [-0.25, -0.2) is 0 Å². The van der Waals surface area contributed by atoms with E-state index in [1.54, 1.807) is 11.9 Å². The molecule has 0 saturated carbocycles. The van der Waals surface area contributed by atoms with Crippen LogP contribution in [-0.2, 0) is 0 Å². The smallest absolute Gasteiger partial charge is 0.257 e. The second-order valence-electron chi connectivity index (χ2n) is 4.29. The highest BCUT2D eigenvalue weighted by molar-refractivity contribution is 5.96. The third-order valence-corrected chi connectivity index (χ3v) is 2.93. The van der Waals surface area contributed by atoms with Crippen LogP contribution in [0.4, 0.5) is 0 Å². The lowest BCUT2D eigenvalue weighted by atomic mass is 10.0. The van der Waals surface area contributed by atoms with Gasteiger partial charge in [-0.3, -0.25) is 9.78 Å². The zero-order valence-corrected chi connectivity index (χ0v) is 10.1. The summed E-state index contributed by atoms with van der Waals surface area (Å²) in [5, 5.41) is 9.54. The summed E-state index contributed by atoms with van der Waals surface area (Å²) in [5.74, 6) is 0.120. The van der Waals surface area contributed by atoms with Crippen molar-refractivity contribution >= 4 is 5.91 Å². The highest BCUT2D eigenvalue weighted by Gasteiger charge is 2.21. The Labute approximate surface area is 95.9 Å². The minimum atomic E-state index is -0.180.